The zero-order chi connectivity index (χ0) is 14.9. The van der Waals surface area contributed by atoms with E-state index in [9.17, 15) is 4.79 Å². The number of carbonyl (C=O) groups excluding carboxylic acids is 1. The van der Waals surface area contributed by atoms with Gasteiger partial charge < -0.3 is 15.4 Å². The molecule has 0 amide bonds. The fourth-order valence-corrected chi connectivity index (χ4v) is 3.78. The first-order valence-corrected chi connectivity index (χ1v) is 7.74. The SMILES string of the molecule is CCOC(=O)C1(N)CCC(N2CC(C)C(N(C)C)C2)C1. The zero-order valence-corrected chi connectivity index (χ0v) is 13.3. The van der Waals surface area contributed by atoms with Crippen LogP contribution in [-0.2, 0) is 9.53 Å². The molecule has 5 heteroatoms. The monoisotopic (exact) mass is 283 g/mol. The Kier molecular flexibility index (Phi) is 4.72. The van der Waals surface area contributed by atoms with Crippen molar-refractivity contribution >= 4 is 5.97 Å². The van der Waals surface area contributed by atoms with Crippen molar-refractivity contribution < 1.29 is 9.53 Å². The molecule has 1 heterocycles. The van der Waals surface area contributed by atoms with Gasteiger partial charge in [-0.3, -0.25) is 9.69 Å². The van der Waals surface area contributed by atoms with E-state index in [1.54, 1.807) is 0 Å². The average molecular weight is 283 g/mol. The summed E-state index contributed by atoms with van der Waals surface area (Å²) in [4.78, 5) is 16.8. The van der Waals surface area contributed by atoms with Crippen molar-refractivity contribution in [3.63, 3.8) is 0 Å². The van der Waals surface area contributed by atoms with Crippen LogP contribution >= 0.6 is 0 Å². The summed E-state index contributed by atoms with van der Waals surface area (Å²) < 4.78 is 5.13. The van der Waals surface area contributed by atoms with Crippen LogP contribution in [0, 0.1) is 5.92 Å². The molecule has 5 nitrogen and oxygen atoms in total. The number of ether oxygens (including phenoxy) is 1. The van der Waals surface area contributed by atoms with Gasteiger partial charge >= 0.3 is 5.97 Å². The van der Waals surface area contributed by atoms with Gasteiger partial charge in [-0.25, -0.2) is 0 Å². The lowest BCUT2D eigenvalue weighted by molar-refractivity contribution is -0.149. The lowest BCUT2D eigenvalue weighted by Gasteiger charge is -2.27. The maximum Gasteiger partial charge on any atom is 0.326 e. The first-order valence-electron chi connectivity index (χ1n) is 7.74. The smallest absolute Gasteiger partial charge is 0.326 e. The molecule has 1 saturated carbocycles. The molecule has 1 saturated heterocycles. The highest BCUT2D eigenvalue weighted by Gasteiger charge is 2.47. The van der Waals surface area contributed by atoms with Crippen LogP contribution in [0.4, 0.5) is 0 Å². The van der Waals surface area contributed by atoms with Gasteiger partial charge in [-0.05, 0) is 46.2 Å². The third-order valence-corrected chi connectivity index (χ3v) is 4.99. The molecule has 0 radical (unpaired) electrons. The standard InChI is InChI=1S/C15H29N3O2/c1-5-20-14(19)15(16)7-6-12(8-15)18-9-11(2)13(10-18)17(3)4/h11-13H,5-10,16H2,1-4H3. The molecule has 1 aliphatic heterocycles. The highest BCUT2D eigenvalue weighted by molar-refractivity contribution is 5.81. The number of likely N-dealkylation sites (tertiary alicyclic amines) is 1. The van der Waals surface area contributed by atoms with Gasteiger partial charge in [0.25, 0.3) is 0 Å². The number of nitrogens with zero attached hydrogens (tertiary/aromatic N) is 2. The Bertz CT molecular complexity index is 361. The van der Waals surface area contributed by atoms with Crippen LogP contribution in [0.15, 0.2) is 0 Å². The minimum absolute atomic E-state index is 0.223. The molecular formula is C15H29N3O2. The second-order valence-electron chi connectivity index (χ2n) is 6.74. The van der Waals surface area contributed by atoms with E-state index in [4.69, 9.17) is 10.5 Å². The Balaban J connectivity index is 1.95. The average Bonchev–Trinajstić information content (AvgIpc) is 2.94. The Morgan fingerprint density at radius 2 is 2.15 bits per heavy atom. The van der Waals surface area contributed by atoms with Crippen molar-refractivity contribution in [2.75, 3.05) is 33.8 Å². The normalized spacial score (nSPS) is 38.6. The summed E-state index contributed by atoms with van der Waals surface area (Å²) in [5.74, 6) is 0.444. The Morgan fingerprint density at radius 3 is 2.70 bits per heavy atom. The molecule has 0 aromatic carbocycles. The minimum atomic E-state index is -0.764. The predicted molar refractivity (Wildman–Crippen MR) is 79.4 cm³/mol. The second kappa shape index (κ2) is 6.00. The summed E-state index contributed by atoms with van der Waals surface area (Å²) in [6.07, 6.45) is 2.48. The molecule has 2 rings (SSSR count). The molecule has 0 spiro atoms. The van der Waals surface area contributed by atoms with Crippen LogP contribution in [0.25, 0.3) is 0 Å². The van der Waals surface area contributed by atoms with Gasteiger partial charge in [0.1, 0.15) is 5.54 Å². The first kappa shape index (κ1) is 15.7. The van der Waals surface area contributed by atoms with Crippen molar-refractivity contribution in [2.45, 2.75) is 50.7 Å². The van der Waals surface area contributed by atoms with E-state index in [0.29, 0.717) is 24.6 Å². The summed E-state index contributed by atoms with van der Waals surface area (Å²) >= 11 is 0. The van der Waals surface area contributed by atoms with Crippen LogP contribution in [0.2, 0.25) is 0 Å². The number of rotatable bonds is 4. The molecule has 20 heavy (non-hydrogen) atoms. The van der Waals surface area contributed by atoms with Gasteiger partial charge in [-0.1, -0.05) is 6.92 Å². The van der Waals surface area contributed by atoms with Crippen molar-refractivity contribution in [2.24, 2.45) is 11.7 Å². The number of hydrogen-bond donors (Lipinski definition) is 1. The summed E-state index contributed by atoms with van der Waals surface area (Å²) in [7, 11) is 4.29. The number of nitrogens with two attached hydrogens (primary N) is 1. The molecule has 2 aliphatic rings. The predicted octanol–water partition coefficient (Wildman–Crippen LogP) is 0.681. The lowest BCUT2D eigenvalue weighted by atomic mass is 9.99. The van der Waals surface area contributed by atoms with Crippen LogP contribution in [0.3, 0.4) is 0 Å². The van der Waals surface area contributed by atoms with Crippen LogP contribution in [0.5, 0.6) is 0 Å². The van der Waals surface area contributed by atoms with E-state index in [1.807, 2.05) is 6.92 Å². The molecule has 4 unspecified atom stereocenters. The number of hydrogen-bond acceptors (Lipinski definition) is 5. The molecule has 1 aliphatic carbocycles. The van der Waals surface area contributed by atoms with E-state index in [2.05, 4.69) is 30.8 Å². The first-order chi connectivity index (χ1) is 9.37. The maximum atomic E-state index is 12.0. The van der Waals surface area contributed by atoms with E-state index in [-0.39, 0.29) is 5.97 Å². The third-order valence-electron chi connectivity index (χ3n) is 4.99. The number of carbonyl (C=O) groups is 1. The lowest BCUT2D eigenvalue weighted by Crippen LogP contribution is -2.48. The van der Waals surface area contributed by atoms with Crippen LogP contribution < -0.4 is 5.73 Å². The highest BCUT2D eigenvalue weighted by Crippen LogP contribution is 2.35. The highest BCUT2D eigenvalue weighted by atomic mass is 16.5. The molecule has 116 valence electrons. The molecule has 0 aromatic rings. The van der Waals surface area contributed by atoms with Crippen molar-refractivity contribution in [3.05, 3.63) is 0 Å². The molecule has 2 N–H and O–H groups in total. The van der Waals surface area contributed by atoms with Gasteiger partial charge in [-0.2, -0.15) is 0 Å². The summed E-state index contributed by atoms with van der Waals surface area (Å²) in [6, 6.07) is 1.03. The van der Waals surface area contributed by atoms with Crippen LogP contribution in [0.1, 0.15) is 33.1 Å². The Hall–Kier alpha value is -0.650. The van der Waals surface area contributed by atoms with E-state index < -0.39 is 5.54 Å². The fourth-order valence-electron chi connectivity index (χ4n) is 3.78. The van der Waals surface area contributed by atoms with Gasteiger partial charge in [-0.15, -0.1) is 0 Å². The summed E-state index contributed by atoms with van der Waals surface area (Å²) in [6.45, 7) is 6.73. The zero-order valence-electron chi connectivity index (χ0n) is 13.3. The Labute approximate surface area is 122 Å². The largest absolute Gasteiger partial charge is 0.465 e. The van der Waals surface area contributed by atoms with Crippen LogP contribution in [-0.4, -0.2) is 67.2 Å². The van der Waals surface area contributed by atoms with E-state index in [1.165, 1.54) is 0 Å². The molecule has 4 atom stereocenters. The molecule has 0 bridgehead atoms. The third kappa shape index (κ3) is 3.00. The topological polar surface area (TPSA) is 58.8 Å². The fraction of sp³-hybridized carbons (Fsp3) is 0.933. The van der Waals surface area contributed by atoms with Gasteiger partial charge in [0.15, 0.2) is 0 Å². The quantitative estimate of drug-likeness (QED) is 0.769. The Morgan fingerprint density at radius 1 is 1.45 bits per heavy atom. The molecule has 0 aromatic heterocycles. The molecular weight excluding hydrogens is 254 g/mol. The summed E-state index contributed by atoms with van der Waals surface area (Å²) in [5, 5.41) is 0. The van der Waals surface area contributed by atoms with E-state index in [0.717, 1.165) is 32.4 Å². The van der Waals surface area contributed by atoms with Gasteiger partial charge in [0.05, 0.1) is 6.61 Å². The summed E-state index contributed by atoms with van der Waals surface area (Å²) in [5.41, 5.74) is 5.50. The molecule has 2 fully saturated rings. The number of likely N-dealkylation sites (N-methyl/N-ethyl adjacent to an activating group) is 1. The van der Waals surface area contributed by atoms with Crippen molar-refractivity contribution in [1.82, 2.24) is 9.80 Å². The second-order valence-corrected chi connectivity index (χ2v) is 6.74. The van der Waals surface area contributed by atoms with Crippen molar-refractivity contribution in [1.29, 1.82) is 0 Å². The van der Waals surface area contributed by atoms with E-state index >= 15 is 0 Å². The van der Waals surface area contributed by atoms with Gasteiger partial charge in [0, 0.05) is 25.2 Å². The maximum absolute atomic E-state index is 12.0. The van der Waals surface area contributed by atoms with Crippen molar-refractivity contribution in [3.8, 4) is 0 Å². The number of esters is 1. The minimum Gasteiger partial charge on any atom is -0.465 e. The van der Waals surface area contributed by atoms with Gasteiger partial charge in [0.2, 0.25) is 0 Å².